The molecule has 5 nitrogen and oxygen atoms in total. The molecule has 0 unspecified atom stereocenters. The lowest BCUT2D eigenvalue weighted by Gasteiger charge is -2.16. The van der Waals surface area contributed by atoms with Crippen molar-refractivity contribution in [2.45, 2.75) is 26.3 Å². The molecule has 5 heteroatoms. The first-order valence-corrected chi connectivity index (χ1v) is 8.86. The van der Waals surface area contributed by atoms with Crippen molar-refractivity contribution in [3.05, 3.63) is 78.2 Å². The van der Waals surface area contributed by atoms with Gasteiger partial charge in [-0.2, -0.15) is 4.98 Å². The van der Waals surface area contributed by atoms with Crippen LogP contribution in [-0.2, 0) is 6.42 Å². The highest BCUT2D eigenvalue weighted by Gasteiger charge is 2.11. The van der Waals surface area contributed by atoms with E-state index in [1.807, 2.05) is 53.4 Å². The predicted octanol–water partition coefficient (Wildman–Crippen LogP) is 4.55. The summed E-state index contributed by atoms with van der Waals surface area (Å²) < 4.78 is 2.01. The Morgan fingerprint density at radius 1 is 1.00 bits per heavy atom. The fourth-order valence-corrected chi connectivity index (χ4v) is 3.01. The van der Waals surface area contributed by atoms with Crippen LogP contribution < -0.4 is 5.32 Å². The van der Waals surface area contributed by atoms with Crippen LogP contribution in [0.4, 0.5) is 5.95 Å². The summed E-state index contributed by atoms with van der Waals surface area (Å²) in [7, 11) is 0. The summed E-state index contributed by atoms with van der Waals surface area (Å²) in [6.07, 6.45) is 2.66. The van der Waals surface area contributed by atoms with E-state index in [-0.39, 0.29) is 6.04 Å². The third-order valence-corrected chi connectivity index (χ3v) is 4.47. The third kappa shape index (κ3) is 3.16. The first-order valence-electron chi connectivity index (χ1n) is 8.86. The fraction of sp³-hybridized carbons (Fsp3) is 0.190. The molecular weight excluding hydrogens is 322 g/mol. The molecule has 0 saturated heterocycles. The van der Waals surface area contributed by atoms with Gasteiger partial charge in [0.25, 0.3) is 0 Å². The zero-order valence-corrected chi connectivity index (χ0v) is 14.9. The molecule has 4 aromatic rings. The van der Waals surface area contributed by atoms with Gasteiger partial charge in [0.15, 0.2) is 0 Å². The minimum absolute atomic E-state index is 0.121. The largest absolute Gasteiger partial charge is 0.348 e. The summed E-state index contributed by atoms with van der Waals surface area (Å²) in [6, 6.07) is 20.5. The maximum Gasteiger partial charge on any atom is 0.225 e. The zero-order chi connectivity index (χ0) is 17.9. The number of nitrogens with one attached hydrogen (secondary N) is 1. The number of hydrogen-bond donors (Lipinski definition) is 1. The second kappa shape index (κ2) is 6.96. The minimum Gasteiger partial charge on any atom is -0.348 e. The minimum atomic E-state index is 0.121. The van der Waals surface area contributed by atoms with Gasteiger partial charge in [0.1, 0.15) is 12.1 Å². The zero-order valence-electron chi connectivity index (χ0n) is 14.9. The van der Waals surface area contributed by atoms with E-state index in [9.17, 15) is 0 Å². The number of para-hydroxylation sites is 2. The normalized spacial score (nSPS) is 12.2. The van der Waals surface area contributed by atoms with Crippen LogP contribution in [0.1, 0.15) is 31.1 Å². The van der Waals surface area contributed by atoms with Crippen molar-refractivity contribution in [3.63, 3.8) is 0 Å². The molecule has 1 N–H and O–H groups in total. The van der Waals surface area contributed by atoms with Crippen LogP contribution in [0.25, 0.3) is 16.9 Å². The maximum absolute atomic E-state index is 4.74. The van der Waals surface area contributed by atoms with E-state index in [1.54, 1.807) is 0 Å². The summed E-state index contributed by atoms with van der Waals surface area (Å²) in [4.78, 5) is 13.9. The molecule has 0 aliphatic rings. The Morgan fingerprint density at radius 2 is 1.77 bits per heavy atom. The highest BCUT2D eigenvalue weighted by Crippen LogP contribution is 2.21. The highest BCUT2D eigenvalue weighted by molar-refractivity contribution is 5.76. The lowest BCUT2D eigenvalue weighted by molar-refractivity contribution is 0.843. The lowest BCUT2D eigenvalue weighted by Crippen LogP contribution is -2.12. The van der Waals surface area contributed by atoms with Crippen LogP contribution >= 0.6 is 0 Å². The van der Waals surface area contributed by atoms with Crippen LogP contribution in [0.5, 0.6) is 0 Å². The van der Waals surface area contributed by atoms with Gasteiger partial charge in [0, 0.05) is 11.8 Å². The van der Waals surface area contributed by atoms with Gasteiger partial charge in [-0.05, 0) is 31.0 Å². The summed E-state index contributed by atoms with van der Waals surface area (Å²) in [6.45, 7) is 4.21. The third-order valence-electron chi connectivity index (χ3n) is 4.47. The number of aromatic nitrogens is 4. The first-order chi connectivity index (χ1) is 12.7. The molecule has 1 atom stereocenters. The summed E-state index contributed by atoms with van der Waals surface area (Å²) in [5.41, 5.74) is 4.19. The molecule has 26 heavy (non-hydrogen) atoms. The Kier molecular flexibility index (Phi) is 4.35. The van der Waals surface area contributed by atoms with Crippen molar-refractivity contribution in [2.24, 2.45) is 0 Å². The molecule has 0 radical (unpaired) electrons. The second-order valence-corrected chi connectivity index (χ2v) is 6.27. The number of hydrogen-bond acceptors (Lipinski definition) is 4. The molecule has 0 aliphatic heterocycles. The monoisotopic (exact) mass is 343 g/mol. The molecule has 0 fully saturated rings. The molecule has 2 aromatic heterocycles. The van der Waals surface area contributed by atoms with Crippen LogP contribution in [0.15, 0.2) is 67.0 Å². The molecule has 0 bridgehead atoms. The van der Waals surface area contributed by atoms with Crippen LogP contribution in [0.2, 0.25) is 0 Å². The maximum atomic E-state index is 4.74. The van der Waals surface area contributed by atoms with Crippen molar-refractivity contribution in [1.29, 1.82) is 0 Å². The highest BCUT2D eigenvalue weighted by atomic mass is 15.2. The number of nitrogens with zero attached hydrogens (tertiary/aromatic N) is 4. The predicted molar refractivity (Wildman–Crippen MR) is 105 cm³/mol. The number of imidazole rings is 1. The Hall–Kier alpha value is -3.21. The molecule has 2 aromatic carbocycles. The lowest BCUT2D eigenvalue weighted by atomic mass is 10.1. The van der Waals surface area contributed by atoms with E-state index in [2.05, 4.69) is 47.3 Å². The van der Waals surface area contributed by atoms with Crippen molar-refractivity contribution in [3.8, 4) is 5.82 Å². The Morgan fingerprint density at radius 3 is 2.58 bits per heavy atom. The van der Waals surface area contributed by atoms with E-state index < -0.39 is 0 Å². The molecule has 0 aliphatic carbocycles. The number of fused-ring (bicyclic) bond motifs is 1. The van der Waals surface area contributed by atoms with E-state index in [4.69, 9.17) is 4.98 Å². The van der Waals surface area contributed by atoms with E-state index in [0.717, 1.165) is 29.0 Å². The Bertz CT molecular complexity index is 1020. The van der Waals surface area contributed by atoms with Gasteiger partial charge >= 0.3 is 0 Å². The molecule has 0 saturated carbocycles. The Labute approximate surface area is 152 Å². The summed E-state index contributed by atoms with van der Waals surface area (Å²) >= 11 is 0. The van der Waals surface area contributed by atoms with E-state index in [0.29, 0.717) is 5.95 Å². The van der Waals surface area contributed by atoms with Crippen molar-refractivity contribution in [1.82, 2.24) is 19.5 Å². The van der Waals surface area contributed by atoms with Crippen LogP contribution in [0, 0.1) is 0 Å². The van der Waals surface area contributed by atoms with Gasteiger partial charge in [-0.25, -0.2) is 9.97 Å². The molecule has 0 amide bonds. The van der Waals surface area contributed by atoms with Gasteiger partial charge in [-0.3, -0.25) is 4.57 Å². The average Bonchev–Trinajstić information content (AvgIpc) is 3.12. The fourth-order valence-electron chi connectivity index (χ4n) is 3.01. The topological polar surface area (TPSA) is 55.6 Å². The quantitative estimate of drug-likeness (QED) is 0.577. The average molecular weight is 343 g/mol. The van der Waals surface area contributed by atoms with Crippen LogP contribution in [0.3, 0.4) is 0 Å². The van der Waals surface area contributed by atoms with Crippen molar-refractivity contribution < 1.29 is 0 Å². The molecule has 2 heterocycles. The summed E-state index contributed by atoms with van der Waals surface area (Å²) in [5, 5.41) is 3.43. The standard InChI is InChI=1S/C21H21N5/c1-3-17-13-20(26-14-22-18-11-7-8-12-19(18)26)25-21(24-17)23-15(2)16-9-5-4-6-10-16/h4-15H,3H2,1-2H3,(H,23,24,25)/t15-/m0/s1. The SMILES string of the molecule is CCc1cc(-n2cnc3ccccc32)nc(N[C@@H](C)c2ccccc2)n1. The number of rotatable bonds is 5. The van der Waals surface area contributed by atoms with Gasteiger partial charge in [0.05, 0.1) is 17.1 Å². The molecule has 130 valence electrons. The first kappa shape index (κ1) is 16.3. The van der Waals surface area contributed by atoms with E-state index in [1.165, 1.54) is 5.56 Å². The van der Waals surface area contributed by atoms with Crippen LogP contribution in [-0.4, -0.2) is 19.5 Å². The summed E-state index contributed by atoms with van der Waals surface area (Å²) in [5.74, 6) is 1.46. The molecule has 0 spiro atoms. The molecular formula is C21H21N5. The van der Waals surface area contributed by atoms with E-state index >= 15 is 0 Å². The number of aryl methyl sites for hydroxylation is 1. The van der Waals surface area contributed by atoms with Gasteiger partial charge in [-0.15, -0.1) is 0 Å². The number of anilines is 1. The number of benzene rings is 2. The van der Waals surface area contributed by atoms with Gasteiger partial charge in [-0.1, -0.05) is 49.4 Å². The smallest absolute Gasteiger partial charge is 0.225 e. The van der Waals surface area contributed by atoms with Crippen molar-refractivity contribution in [2.75, 3.05) is 5.32 Å². The van der Waals surface area contributed by atoms with Gasteiger partial charge in [0.2, 0.25) is 5.95 Å². The van der Waals surface area contributed by atoms with Gasteiger partial charge < -0.3 is 5.32 Å². The second-order valence-electron chi connectivity index (χ2n) is 6.27. The van der Waals surface area contributed by atoms with Crippen molar-refractivity contribution >= 4 is 17.0 Å². The Balaban J connectivity index is 1.72. The molecule has 4 rings (SSSR count).